The van der Waals surface area contributed by atoms with Crippen molar-refractivity contribution < 1.29 is 14.3 Å². The van der Waals surface area contributed by atoms with E-state index in [9.17, 15) is 5.11 Å². The lowest BCUT2D eigenvalue weighted by Gasteiger charge is -2.49. The van der Waals surface area contributed by atoms with Crippen LogP contribution >= 0.6 is 0 Å². The monoisotopic (exact) mass is 334 g/mol. The summed E-state index contributed by atoms with van der Waals surface area (Å²) in [5, 5.41) is 10.6. The van der Waals surface area contributed by atoms with Gasteiger partial charge in [-0.1, -0.05) is 26.0 Å². The van der Waals surface area contributed by atoms with Gasteiger partial charge in [-0.25, -0.2) is 0 Å². The average molecular weight is 335 g/mol. The van der Waals surface area contributed by atoms with Gasteiger partial charge in [0.25, 0.3) is 0 Å². The highest BCUT2D eigenvalue weighted by molar-refractivity contribution is 5.39. The molecule has 24 heavy (non-hydrogen) atoms. The van der Waals surface area contributed by atoms with Crippen molar-refractivity contribution in [3.63, 3.8) is 0 Å². The van der Waals surface area contributed by atoms with Crippen LogP contribution in [-0.2, 0) is 0 Å². The Morgan fingerprint density at radius 2 is 1.83 bits per heavy atom. The molecule has 1 aliphatic heterocycles. The predicted molar refractivity (Wildman–Crippen MR) is 101 cm³/mol. The number of ether oxygens (including phenoxy) is 1. The van der Waals surface area contributed by atoms with Gasteiger partial charge in [-0.3, -0.25) is 0 Å². The molecule has 1 aromatic carbocycles. The fourth-order valence-corrected chi connectivity index (χ4v) is 4.03. The van der Waals surface area contributed by atoms with Gasteiger partial charge in [0.1, 0.15) is 25.0 Å². The molecule has 3 atom stereocenters. The lowest BCUT2D eigenvalue weighted by molar-refractivity contribution is -0.960. The number of likely N-dealkylation sites (N-methyl/N-ethyl adjacent to an activating group) is 1. The van der Waals surface area contributed by atoms with Gasteiger partial charge in [-0.2, -0.15) is 0 Å². The van der Waals surface area contributed by atoms with E-state index in [1.54, 1.807) is 0 Å². The first-order valence-electron chi connectivity index (χ1n) is 9.50. The van der Waals surface area contributed by atoms with Gasteiger partial charge >= 0.3 is 0 Å². The quantitative estimate of drug-likeness (QED) is 0.788. The SMILES string of the molecule is Cc1ccc(C(C)C)c(OCC(O)C[N+]2(C)C(C)CCCC2C)c1. The predicted octanol–water partition coefficient (Wildman–Crippen LogP) is 4.27. The standard InChI is InChI=1S/C21H36NO2/c1-15(2)20-11-10-16(3)12-21(20)24-14-19(23)13-22(6)17(4)8-7-9-18(22)5/h10-12,15,17-19,23H,7-9,13-14H2,1-6H3/q+1. The van der Waals surface area contributed by atoms with E-state index < -0.39 is 6.10 Å². The molecule has 3 unspecified atom stereocenters. The minimum absolute atomic E-state index is 0.371. The zero-order chi connectivity index (χ0) is 17.9. The molecule has 3 heteroatoms. The van der Waals surface area contributed by atoms with E-state index in [1.807, 2.05) is 0 Å². The minimum Gasteiger partial charge on any atom is -0.490 e. The highest BCUT2D eigenvalue weighted by atomic mass is 16.5. The third kappa shape index (κ3) is 4.31. The fourth-order valence-electron chi connectivity index (χ4n) is 4.03. The molecular weight excluding hydrogens is 298 g/mol. The number of piperidine rings is 1. The largest absolute Gasteiger partial charge is 0.490 e. The second-order valence-corrected chi connectivity index (χ2v) is 8.32. The number of aliphatic hydroxyl groups excluding tert-OH is 1. The van der Waals surface area contributed by atoms with Crippen LogP contribution in [0.15, 0.2) is 18.2 Å². The minimum atomic E-state index is -0.432. The van der Waals surface area contributed by atoms with Gasteiger partial charge < -0.3 is 14.3 Å². The van der Waals surface area contributed by atoms with Gasteiger partial charge in [-0.15, -0.1) is 0 Å². The van der Waals surface area contributed by atoms with Crippen molar-refractivity contribution in [2.24, 2.45) is 0 Å². The second kappa shape index (κ2) is 7.88. The number of rotatable bonds is 6. The van der Waals surface area contributed by atoms with E-state index in [2.05, 4.69) is 59.9 Å². The molecule has 0 saturated carbocycles. The molecule has 0 bridgehead atoms. The highest BCUT2D eigenvalue weighted by Crippen LogP contribution is 2.30. The van der Waals surface area contributed by atoms with Crippen molar-refractivity contribution in [1.82, 2.24) is 0 Å². The molecule has 2 rings (SSSR count). The zero-order valence-electron chi connectivity index (χ0n) is 16.4. The third-order valence-corrected chi connectivity index (χ3v) is 6.08. The molecule has 136 valence electrons. The Hall–Kier alpha value is -1.06. The maximum atomic E-state index is 10.6. The van der Waals surface area contributed by atoms with Crippen molar-refractivity contribution in [2.75, 3.05) is 20.2 Å². The highest BCUT2D eigenvalue weighted by Gasteiger charge is 2.39. The molecule has 1 heterocycles. The lowest BCUT2D eigenvalue weighted by Crippen LogP contribution is -2.62. The fraction of sp³-hybridized carbons (Fsp3) is 0.714. The Morgan fingerprint density at radius 3 is 2.42 bits per heavy atom. The number of aliphatic hydroxyl groups is 1. The molecule has 1 aromatic rings. The summed E-state index contributed by atoms with van der Waals surface area (Å²) >= 11 is 0. The van der Waals surface area contributed by atoms with E-state index in [-0.39, 0.29) is 0 Å². The Morgan fingerprint density at radius 1 is 1.21 bits per heavy atom. The maximum absolute atomic E-state index is 10.6. The Labute approximate surface area is 148 Å². The number of benzene rings is 1. The molecule has 0 radical (unpaired) electrons. The van der Waals surface area contributed by atoms with Gasteiger partial charge in [-0.05, 0) is 63.1 Å². The van der Waals surface area contributed by atoms with Gasteiger partial charge in [0.2, 0.25) is 0 Å². The maximum Gasteiger partial charge on any atom is 0.137 e. The second-order valence-electron chi connectivity index (χ2n) is 8.32. The average Bonchev–Trinajstić information content (AvgIpc) is 2.50. The van der Waals surface area contributed by atoms with E-state index in [0.29, 0.717) is 24.6 Å². The van der Waals surface area contributed by atoms with Gasteiger partial charge in [0.05, 0.1) is 19.1 Å². The van der Waals surface area contributed by atoms with Crippen LogP contribution in [-0.4, -0.2) is 48.0 Å². The van der Waals surface area contributed by atoms with Crippen molar-refractivity contribution in [2.45, 2.75) is 78.0 Å². The van der Waals surface area contributed by atoms with Crippen LogP contribution in [0.1, 0.15) is 64.0 Å². The number of aryl methyl sites for hydroxylation is 1. The summed E-state index contributed by atoms with van der Waals surface area (Å²) in [6.45, 7) is 12.2. The Balaban J connectivity index is 2.01. The van der Waals surface area contributed by atoms with E-state index >= 15 is 0 Å². The summed E-state index contributed by atoms with van der Waals surface area (Å²) in [6, 6.07) is 7.57. The molecule has 1 saturated heterocycles. The molecule has 0 spiro atoms. The van der Waals surface area contributed by atoms with E-state index in [4.69, 9.17) is 4.74 Å². The van der Waals surface area contributed by atoms with Crippen LogP contribution in [0.4, 0.5) is 0 Å². The molecule has 3 nitrogen and oxygen atoms in total. The summed E-state index contributed by atoms with van der Waals surface area (Å²) in [7, 11) is 2.30. The topological polar surface area (TPSA) is 29.5 Å². The first-order valence-corrected chi connectivity index (χ1v) is 9.50. The number of nitrogens with zero attached hydrogens (tertiary/aromatic N) is 1. The normalized spacial score (nSPS) is 28.8. The summed E-state index contributed by atoms with van der Waals surface area (Å²) in [5.41, 5.74) is 2.41. The van der Waals surface area contributed by atoms with Crippen molar-refractivity contribution in [3.8, 4) is 5.75 Å². The summed E-state index contributed by atoms with van der Waals surface area (Å²) < 4.78 is 6.99. The molecule has 1 aliphatic rings. The smallest absolute Gasteiger partial charge is 0.137 e. The van der Waals surface area contributed by atoms with Gasteiger partial charge in [0, 0.05) is 0 Å². The van der Waals surface area contributed by atoms with Crippen LogP contribution in [0.5, 0.6) is 5.75 Å². The van der Waals surface area contributed by atoms with Crippen LogP contribution < -0.4 is 4.74 Å². The number of likely N-dealkylation sites (tertiary alicyclic amines) is 1. The molecule has 0 aliphatic carbocycles. The first-order chi connectivity index (χ1) is 11.2. The molecular formula is C21H36NO2+. The number of quaternary nitrogens is 1. The molecule has 1 fully saturated rings. The number of hydrogen-bond donors (Lipinski definition) is 1. The van der Waals surface area contributed by atoms with Crippen molar-refractivity contribution in [1.29, 1.82) is 0 Å². The lowest BCUT2D eigenvalue weighted by atomic mass is 9.93. The summed E-state index contributed by atoms with van der Waals surface area (Å²) in [4.78, 5) is 0. The van der Waals surface area contributed by atoms with Crippen molar-refractivity contribution in [3.05, 3.63) is 29.3 Å². The summed E-state index contributed by atoms with van der Waals surface area (Å²) in [6.07, 6.45) is 3.38. The van der Waals surface area contributed by atoms with Crippen LogP contribution in [0.2, 0.25) is 0 Å². The molecule has 0 aromatic heterocycles. The van der Waals surface area contributed by atoms with Crippen LogP contribution in [0.3, 0.4) is 0 Å². The van der Waals surface area contributed by atoms with Crippen LogP contribution in [0.25, 0.3) is 0 Å². The van der Waals surface area contributed by atoms with Crippen molar-refractivity contribution >= 4 is 0 Å². The zero-order valence-corrected chi connectivity index (χ0v) is 16.4. The molecule has 1 N–H and O–H groups in total. The van der Waals surface area contributed by atoms with E-state index in [0.717, 1.165) is 16.8 Å². The number of hydrogen-bond acceptors (Lipinski definition) is 2. The first kappa shape index (κ1) is 19.3. The van der Waals surface area contributed by atoms with E-state index in [1.165, 1.54) is 30.4 Å². The summed E-state index contributed by atoms with van der Waals surface area (Å²) in [5.74, 6) is 1.34. The van der Waals surface area contributed by atoms with Gasteiger partial charge in [0.15, 0.2) is 0 Å². The Kier molecular flexibility index (Phi) is 6.33. The third-order valence-electron chi connectivity index (χ3n) is 6.08. The molecule has 0 amide bonds. The Bertz CT molecular complexity index is 531. The van der Waals surface area contributed by atoms with Crippen LogP contribution in [0, 0.1) is 6.92 Å².